The summed E-state index contributed by atoms with van der Waals surface area (Å²) in [7, 11) is 0. The maximum absolute atomic E-state index is 13.4. The summed E-state index contributed by atoms with van der Waals surface area (Å²) >= 11 is 13.0. The van der Waals surface area contributed by atoms with Crippen LogP contribution >= 0.6 is 23.2 Å². The van der Waals surface area contributed by atoms with Crippen molar-refractivity contribution in [3.05, 3.63) is 123 Å². The summed E-state index contributed by atoms with van der Waals surface area (Å²) in [5, 5.41) is 2.37. The van der Waals surface area contributed by atoms with Crippen LogP contribution in [-0.2, 0) is 22.8 Å². The number of hydrogen-bond acceptors (Lipinski definition) is 6. The first-order valence-electron chi connectivity index (χ1n) is 13.4. The fraction of sp³-hybridized carbons (Fsp3) is 0.121. The highest BCUT2D eigenvalue weighted by molar-refractivity contribution is 6.40. The molecule has 0 spiro atoms. The van der Waals surface area contributed by atoms with Crippen molar-refractivity contribution >= 4 is 52.8 Å². The van der Waals surface area contributed by atoms with Crippen LogP contribution in [0, 0.1) is 5.82 Å². The third-order valence-corrected chi connectivity index (χ3v) is 7.01. The first-order valence-corrected chi connectivity index (χ1v) is 14.2. The van der Waals surface area contributed by atoms with Crippen LogP contribution in [0.4, 0.5) is 14.9 Å². The van der Waals surface area contributed by atoms with Crippen LogP contribution in [0.25, 0.3) is 6.08 Å². The van der Waals surface area contributed by atoms with Crippen molar-refractivity contribution in [2.75, 3.05) is 11.5 Å². The lowest BCUT2D eigenvalue weighted by molar-refractivity contribution is -0.122. The van der Waals surface area contributed by atoms with Crippen LogP contribution in [0.5, 0.6) is 17.2 Å². The minimum absolute atomic E-state index is 0.0930. The number of imide groups is 2. The lowest BCUT2D eigenvalue weighted by atomic mass is 10.1. The molecule has 1 fully saturated rings. The monoisotopic (exact) mass is 634 g/mol. The number of nitrogens with zero attached hydrogens (tertiary/aromatic N) is 1. The average Bonchev–Trinajstić information content (AvgIpc) is 3.00. The molecule has 0 radical (unpaired) electrons. The molecule has 0 atom stereocenters. The maximum Gasteiger partial charge on any atom is 0.335 e. The zero-order valence-electron chi connectivity index (χ0n) is 23.3. The van der Waals surface area contributed by atoms with Gasteiger partial charge in [0, 0.05) is 0 Å². The van der Waals surface area contributed by atoms with Crippen molar-refractivity contribution in [3.63, 3.8) is 0 Å². The molecule has 0 saturated carbocycles. The Labute approximate surface area is 262 Å². The van der Waals surface area contributed by atoms with Crippen LogP contribution in [0.2, 0.25) is 10.0 Å². The van der Waals surface area contributed by atoms with Crippen molar-refractivity contribution in [2.45, 2.75) is 20.1 Å². The van der Waals surface area contributed by atoms with E-state index in [1.54, 1.807) is 6.07 Å². The van der Waals surface area contributed by atoms with E-state index in [1.807, 2.05) is 49.4 Å². The number of urea groups is 1. The van der Waals surface area contributed by atoms with Crippen LogP contribution in [0.15, 0.2) is 90.5 Å². The Bertz CT molecular complexity index is 1720. The molecule has 44 heavy (non-hydrogen) atoms. The third kappa shape index (κ3) is 7.02. The van der Waals surface area contributed by atoms with E-state index in [0.29, 0.717) is 30.3 Å². The molecule has 1 heterocycles. The number of ether oxygens (including phenoxy) is 3. The van der Waals surface area contributed by atoms with E-state index >= 15 is 0 Å². The number of rotatable bonds is 10. The van der Waals surface area contributed by atoms with Crippen molar-refractivity contribution in [2.24, 2.45) is 0 Å². The number of nitrogens with one attached hydrogen (secondary N) is 1. The Morgan fingerprint density at radius 2 is 1.48 bits per heavy atom. The SMILES string of the molecule is CCOc1cc(COc2c(Cl)cc(/C=C3\C(=O)NC(=O)N(c4ccc(F)cc4)C3=O)cc2Cl)ccc1OCc1ccccc1. The van der Waals surface area contributed by atoms with Gasteiger partial charge in [0.25, 0.3) is 11.8 Å². The van der Waals surface area contributed by atoms with E-state index < -0.39 is 23.7 Å². The Morgan fingerprint density at radius 1 is 0.795 bits per heavy atom. The van der Waals surface area contributed by atoms with E-state index in [2.05, 4.69) is 5.32 Å². The predicted molar refractivity (Wildman–Crippen MR) is 165 cm³/mol. The highest BCUT2D eigenvalue weighted by Gasteiger charge is 2.36. The molecule has 0 unspecified atom stereocenters. The lowest BCUT2D eigenvalue weighted by Crippen LogP contribution is -2.54. The van der Waals surface area contributed by atoms with Crippen molar-refractivity contribution < 1.29 is 33.0 Å². The van der Waals surface area contributed by atoms with E-state index in [9.17, 15) is 18.8 Å². The first-order chi connectivity index (χ1) is 21.2. The molecule has 4 amide bonds. The maximum atomic E-state index is 13.4. The highest BCUT2D eigenvalue weighted by Crippen LogP contribution is 2.37. The molecule has 1 saturated heterocycles. The molecule has 4 aromatic rings. The zero-order valence-corrected chi connectivity index (χ0v) is 24.8. The fourth-order valence-corrected chi connectivity index (χ4v) is 4.98. The van der Waals surface area contributed by atoms with Gasteiger partial charge in [0.1, 0.15) is 24.6 Å². The lowest BCUT2D eigenvalue weighted by Gasteiger charge is -2.26. The smallest absolute Gasteiger partial charge is 0.335 e. The number of anilines is 1. The molecule has 224 valence electrons. The number of carbonyl (C=O) groups is 3. The Balaban J connectivity index is 1.31. The van der Waals surface area contributed by atoms with Gasteiger partial charge in [-0.2, -0.15) is 0 Å². The van der Waals surface area contributed by atoms with E-state index in [4.69, 9.17) is 37.4 Å². The summed E-state index contributed by atoms with van der Waals surface area (Å²) < 4.78 is 31.0. The minimum atomic E-state index is -0.952. The largest absolute Gasteiger partial charge is 0.490 e. The quantitative estimate of drug-likeness (QED) is 0.145. The van der Waals surface area contributed by atoms with Crippen molar-refractivity contribution in [3.8, 4) is 17.2 Å². The number of carbonyl (C=O) groups excluding carboxylic acids is 3. The van der Waals surface area contributed by atoms with Gasteiger partial charge in [-0.3, -0.25) is 14.9 Å². The van der Waals surface area contributed by atoms with Gasteiger partial charge in [-0.25, -0.2) is 14.1 Å². The Morgan fingerprint density at radius 3 is 2.16 bits per heavy atom. The van der Waals surface area contributed by atoms with E-state index in [0.717, 1.165) is 28.2 Å². The summed E-state index contributed by atoms with van der Waals surface area (Å²) in [6.45, 7) is 2.81. The molecule has 1 aliphatic rings. The predicted octanol–water partition coefficient (Wildman–Crippen LogP) is 7.36. The summed E-state index contributed by atoms with van der Waals surface area (Å²) in [5.41, 5.74) is 1.87. The number of benzene rings is 4. The molecular formula is C33H25Cl2FN2O6. The average molecular weight is 635 g/mol. The van der Waals surface area contributed by atoms with Gasteiger partial charge in [-0.1, -0.05) is 59.6 Å². The van der Waals surface area contributed by atoms with Crippen LogP contribution < -0.4 is 24.4 Å². The third-order valence-electron chi connectivity index (χ3n) is 6.45. The van der Waals surface area contributed by atoms with Gasteiger partial charge in [-0.15, -0.1) is 0 Å². The number of hydrogen-bond donors (Lipinski definition) is 1. The van der Waals surface area contributed by atoms with Gasteiger partial charge in [0.2, 0.25) is 0 Å². The molecule has 1 aliphatic heterocycles. The van der Waals surface area contributed by atoms with Crippen molar-refractivity contribution in [1.82, 2.24) is 5.32 Å². The second-order valence-corrected chi connectivity index (χ2v) is 10.3. The molecule has 4 aromatic carbocycles. The first kappa shape index (κ1) is 30.6. The summed E-state index contributed by atoms with van der Waals surface area (Å²) in [5.74, 6) is -0.982. The fourth-order valence-electron chi connectivity index (χ4n) is 4.37. The summed E-state index contributed by atoms with van der Waals surface area (Å²) in [6, 6.07) is 21.9. The minimum Gasteiger partial charge on any atom is -0.490 e. The van der Waals surface area contributed by atoms with Gasteiger partial charge in [-0.05, 0) is 78.2 Å². The second-order valence-electron chi connectivity index (χ2n) is 9.52. The second kappa shape index (κ2) is 13.6. The van der Waals surface area contributed by atoms with Gasteiger partial charge >= 0.3 is 6.03 Å². The van der Waals surface area contributed by atoms with Crippen LogP contribution in [-0.4, -0.2) is 24.5 Å². The Hall–Kier alpha value is -4.86. The zero-order chi connectivity index (χ0) is 31.2. The van der Waals surface area contributed by atoms with E-state index in [1.165, 1.54) is 30.3 Å². The van der Waals surface area contributed by atoms with Crippen molar-refractivity contribution in [1.29, 1.82) is 0 Å². The Kier molecular flexibility index (Phi) is 9.47. The number of barbiturate groups is 1. The van der Waals surface area contributed by atoms with Gasteiger partial charge < -0.3 is 14.2 Å². The number of halogens is 3. The molecule has 0 bridgehead atoms. The highest BCUT2D eigenvalue weighted by atomic mass is 35.5. The molecule has 5 rings (SSSR count). The molecule has 11 heteroatoms. The molecule has 0 aliphatic carbocycles. The topological polar surface area (TPSA) is 94.2 Å². The normalized spacial score (nSPS) is 14.0. The number of amides is 4. The van der Waals surface area contributed by atoms with E-state index in [-0.39, 0.29) is 33.7 Å². The molecule has 1 N–H and O–H groups in total. The van der Waals surface area contributed by atoms with Gasteiger partial charge in [0.05, 0.1) is 22.3 Å². The van der Waals surface area contributed by atoms with Gasteiger partial charge in [0.15, 0.2) is 17.2 Å². The molecule has 0 aromatic heterocycles. The van der Waals surface area contributed by atoms with Crippen LogP contribution in [0.3, 0.4) is 0 Å². The molecular weight excluding hydrogens is 610 g/mol. The summed E-state index contributed by atoms with van der Waals surface area (Å²) in [6.07, 6.45) is 1.25. The summed E-state index contributed by atoms with van der Waals surface area (Å²) in [4.78, 5) is 38.8. The standard InChI is InChI=1S/C33H25Cl2FN2O6/c1-2-42-29-17-21(8-13-28(29)43-18-20-6-4-3-5-7-20)19-44-30-26(34)15-22(16-27(30)35)14-25-31(39)37-33(41)38(32(25)40)24-11-9-23(36)10-12-24/h3-17H,2,18-19H2,1H3,(H,37,39,41)/b25-14+. The van der Waals surface area contributed by atoms with Crippen LogP contribution in [0.1, 0.15) is 23.6 Å². The molecule has 8 nitrogen and oxygen atoms in total.